The minimum atomic E-state index is -0.0819. The normalized spacial score (nSPS) is 19.9. The zero-order valence-corrected chi connectivity index (χ0v) is 11.8. The van der Waals surface area contributed by atoms with Gasteiger partial charge in [0.2, 0.25) is 0 Å². The molecule has 1 aliphatic rings. The van der Waals surface area contributed by atoms with Crippen LogP contribution in [0.1, 0.15) is 35.6 Å². The van der Waals surface area contributed by atoms with Gasteiger partial charge in [-0.15, -0.1) is 0 Å². The molecule has 1 fully saturated rings. The maximum absolute atomic E-state index is 6.20. The Morgan fingerprint density at radius 1 is 1.00 bits per heavy atom. The Labute approximate surface area is 120 Å². The van der Waals surface area contributed by atoms with E-state index >= 15 is 0 Å². The Bertz CT molecular complexity index is 527. The van der Waals surface area contributed by atoms with Crippen LogP contribution in [0, 0.1) is 6.92 Å². The number of rotatable bonds is 4. The van der Waals surface area contributed by atoms with E-state index in [4.69, 9.17) is 9.47 Å². The molecule has 2 aromatic carbocycles. The lowest BCUT2D eigenvalue weighted by molar-refractivity contribution is -0.134. The molecule has 1 saturated heterocycles. The summed E-state index contributed by atoms with van der Waals surface area (Å²) in [5.74, 6) is 0. The van der Waals surface area contributed by atoms with Gasteiger partial charge in [-0.05, 0) is 24.5 Å². The van der Waals surface area contributed by atoms with Gasteiger partial charge in [0.25, 0.3) is 0 Å². The lowest BCUT2D eigenvalue weighted by atomic mass is 10.0. The van der Waals surface area contributed by atoms with E-state index in [0.29, 0.717) is 0 Å². The minimum absolute atomic E-state index is 0.0556. The van der Waals surface area contributed by atoms with Gasteiger partial charge in [-0.25, -0.2) is 0 Å². The fourth-order valence-electron chi connectivity index (χ4n) is 2.53. The summed E-state index contributed by atoms with van der Waals surface area (Å²) in [6.07, 6.45) is 1.93. The molecule has 104 valence electrons. The molecule has 0 aliphatic carbocycles. The lowest BCUT2D eigenvalue weighted by Crippen LogP contribution is -2.16. The summed E-state index contributed by atoms with van der Waals surface area (Å²) in [6.45, 7) is 2.91. The summed E-state index contributed by atoms with van der Waals surface area (Å²) >= 11 is 0. The van der Waals surface area contributed by atoms with Crippen molar-refractivity contribution in [2.75, 3.05) is 6.61 Å². The predicted octanol–water partition coefficient (Wildman–Crippen LogP) is 4.24. The van der Waals surface area contributed by atoms with Crippen molar-refractivity contribution in [2.45, 2.75) is 32.2 Å². The first-order valence-electron chi connectivity index (χ1n) is 7.21. The van der Waals surface area contributed by atoms with Gasteiger partial charge in [-0.3, -0.25) is 0 Å². The van der Waals surface area contributed by atoms with Crippen LogP contribution in [0.4, 0.5) is 0 Å². The molecule has 0 aromatic heterocycles. The number of ether oxygens (including phenoxy) is 2. The van der Waals surface area contributed by atoms with Gasteiger partial charge >= 0.3 is 0 Å². The summed E-state index contributed by atoms with van der Waals surface area (Å²) in [5.41, 5.74) is 3.61. The second-order valence-electron chi connectivity index (χ2n) is 5.28. The molecule has 0 radical (unpaired) electrons. The van der Waals surface area contributed by atoms with Crippen LogP contribution in [-0.2, 0) is 9.47 Å². The van der Waals surface area contributed by atoms with Crippen LogP contribution in [0.3, 0.4) is 0 Å². The summed E-state index contributed by atoms with van der Waals surface area (Å²) in [7, 11) is 0. The van der Waals surface area contributed by atoms with Crippen molar-refractivity contribution in [3.63, 3.8) is 0 Å². The van der Waals surface area contributed by atoms with Crippen LogP contribution in [0.2, 0.25) is 0 Å². The molecule has 1 aliphatic heterocycles. The smallest absolute Gasteiger partial charge is 0.158 e. The van der Waals surface area contributed by atoms with E-state index < -0.39 is 0 Å². The molecule has 2 aromatic rings. The molecule has 2 heteroatoms. The van der Waals surface area contributed by atoms with Crippen molar-refractivity contribution in [2.24, 2.45) is 0 Å². The Balaban J connectivity index is 1.88. The second-order valence-corrected chi connectivity index (χ2v) is 5.28. The molecule has 2 atom stereocenters. The first-order valence-corrected chi connectivity index (χ1v) is 7.21. The molecular formula is C18H20O2. The Kier molecular flexibility index (Phi) is 4.14. The monoisotopic (exact) mass is 268 g/mol. The van der Waals surface area contributed by atoms with Gasteiger partial charge in [0.05, 0.1) is 0 Å². The highest BCUT2D eigenvalue weighted by molar-refractivity contribution is 5.31. The van der Waals surface area contributed by atoms with Gasteiger partial charge in [0.15, 0.2) is 6.29 Å². The molecule has 2 unspecified atom stereocenters. The molecule has 20 heavy (non-hydrogen) atoms. The van der Waals surface area contributed by atoms with Crippen LogP contribution in [0.5, 0.6) is 0 Å². The topological polar surface area (TPSA) is 18.5 Å². The number of aryl methyl sites for hydroxylation is 1. The number of hydrogen-bond donors (Lipinski definition) is 0. The van der Waals surface area contributed by atoms with E-state index in [9.17, 15) is 0 Å². The summed E-state index contributed by atoms with van der Waals surface area (Å²) in [6, 6.07) is 18.9. The van der Waals surface area contributed by atoms with Crippen molar-refractivity contribution < 1.29 is 9.47 Å². The average Bonchev–Trinajstić information content (AvgIpc) is 3.00. The Morgan fingerprint density at radius 3 is 2.35 bits per heavy atom. The third-order valence-corrected chi connectivity index (χ3v) is 3.66. The highest BCUT2D eigenvalue weighted by atomic mass is 16.7. The zero-order valence-electron chi connectivity index (χ0n) is 11.8. The van der Waals surface area contributed by atoms with Gasteiger partial charge in [-0.1, -0.05) is 60.2 Å². The first kappa shape index (κ1) is 13.3. The molecule has 2 nitrogen and oxygen atoms in total. The quantitative estimate of drug-likeness (QED) is 0.825. The Hall–Kier alpha value is -1.64. The third-order valence-electron chi connectivity index (χ3n) is 3.66. The highest BCUT2D eigenvalue weighted by Gasteiger charge is 2.23. The van der Waals surface area contributed by atoms with Crippen LogP contribution < -0.4 is 0 Å². The van der Waals surface area contributed by atoms with Crippen LogP contribution in [-0.4, -0.2) is 12.9 Å². The maximum atomic E-state index is 6.20. The predicted molar refractivity (Wildman–Crippen MR) is 79.5 cm³/mol. The van der Waals surface area contributed by atoms with Gasteiger partial charge < -0.3 is 9.47 Å². The zero-order chi connectivity index (χ0) is 13.8. The molecule has 1 heterocycles. The molecule has 0 saturated carbocycles. The summed E-state index contributed by atoms with van der Waals surface area (Å²) < 4.78 is 11.8. The van der Waals surface area contributed by atoms with Crippen LogP contribution >= 0.6 is 0 Å². The summed E-state index contributed by atoms with van der Waals surface area (Å²) in [5, 5.41) is 0. The van der Waals surface area contributed by atoms with E-state index in [1.165, 1.54) is 16.7 Å². The van der Waals surface area contributed by atoms with E-state index in [0.717, 1.165) is 19.4 Å². The molecular weight excluding hydrogens is 248 g/mol. The van der Waals surface area contributed by atoms with Gasteiger partial charge in [0, 0.05) is 13.0 Å². The van der Waals surface area contributed by atoms with E-state index in [1.54, 1.807) is 0 Å². The SMILES string of the molecule is Cc1ccc(C(OC2CCCO2)c2ccccc2)cc1. The van der Waals surface area contributed by atoms with Gasteiger partial charge in [-0.2, -0.15) is 0 Å². The van der Waals surface area contributed by atoms with E-state index in [2.05, 4.69) is 55.5 Å². The molecule has 0 spiro atoms. The molecule has 0 bridgehead atoms. The molecule has 0 N–H and O–H groups in total. The molecule has 3 rings (SSSR count). The van der Waals surface area contributed by atoms with Gasteiger partial charge in [0.1, 0.15) is 6.10 Å². The summed E-state index contributed by atoms with van der Waals surface area (Å²) in [4.78, 5) is 0. The van der Waals surface area contributed by atoms with Crippen molar-refractivity contribution in [1.82, 2.24) is 0 Å². The standard InChI is InChI=1S/C18H20O2/c1-14-9-11-16(12-10-14)18(15-6-3-2-4-7-15)20-17-8-5-13-19-17/h2-4,6-7,9-12,17-18H,5,8,13H2,1H3. The average molecular weight is 268 g/mol. The van der Waals surface area contributed by atoms with Crippen molar-refractivity contribution in [3.8, 4) is 0 Å². The highest BCUT2D eigenvalue weighted by Crippen LogP contribution is 2.30. The van der Waals surface area contributed by atoms with Crippen molar-refractivity contribution in [3.05, 3.63) is 71.3 Å². The van der Waals surface area contributed by atoms with Crippen molar-refractivity contribution >= 4 is 0 Å². The third kappa shape index (κ3) is 3.09. The van der Waals surface area contributed by atoms with E-state index in [-0.39, 0.29) is 12.4 Å². The van der Waals surface area contributed by atoms with Crippen LogP contribution in [0.15, 0.2) is 54.6 Å². The van der Waals surface area contributed by atoms with E-state index in [1.807, 2.05) is 6.07 Å². The van der Waals surface area contributed by atoms with Crippen molar-refractivity contribution in [1.29, 1.82) is 0 Å². The fourth-order valence-corrected chi connectivity index (χ4v) is 2.53. The number of hydrogen-bond acceptors (Lipinski definition) is 2. The largest absolute Gasteiger partial charge is 0.353 e. The minimum Gasteiger partial charge on any atom is -0.353 e. The first-order chi connectivity index (χ1) is 9.83. The second kappa shape index (κ2) is 6.21. The Morgan fingerprint density at radius 2 is 1.70 bits per heavy atom. The van der Waals surface area contributed by atoms with Crippen LogP contribution in [0.25, 0.3) is 0 Å². The maximum Gasteiger partial charge on any atom is 0.158 e. The fraction of sp³-hybridized carbons (Fsp3) is 0.333. The number of benzene rings is 2. The lowest BCUT2D eigenvalue weighted by Gasteiger charge is -2.22. The molecule has 0 amide bonds.